The van der Waals surface area contributed by atoms with Crippen molar-refractivity contribution in [3.05, 3.63) is 58.6 Å². The zero-order chi connectivity index (χ0) is 27.1. The van der Waals surface area contributed by atoms with Gasteiger partial charge in [-0.25, -0.2) is 13.2 Å². The number of sulfone groups is 1. The highest BCUT2D eigenvalue weighted by Crippen LogP contribution is 2.37. The molecule has 1 N–H and O–H groups in total. The number of carbonyl (C=O) groups is 2. The number of carboxylic acid groups (broad SMARTS) is 1. The zero-order valence-corrected chi connectivity index (χ0v) is 19.4. The van der Waals surface area contributed by atoms with E-state index in [4.69, 9.17) is 11.6 Å². The number of alkyl halides is 6. The molecule has 0 radical (unpaired) electrons. The van der Waals surface area contributed by atoms with Crippen molar-refractivity contribution in [3.8, 4) is 5.75 Å². The Kier molecular flexibility index (Phi) is 7.51. The monoisotopic (exact) mass is 559 g/mol. The summed E-state index contributed by atoms with van der Waals surface area (Å²) >= 11 is 5.94. The molecule has 1 saturated heterocycles. The summed E-state index contributed by atoms with van der Waals surface area (Å²) in [5.41, 5.74) is -2.17. The number of amides is 1. The van der Waals surface area contributed by atoms with Gasteiger partial charge in [0.05, 0.1) is 26.3 Å². The summed E-state index contributed by atoms with van der Waals surface area (Å²) in [7, 11) is -4.47. The lowest BCUT2D eigenvalue weighted by Crippen LogP contribution is -2.41. The minimum atomic E-state index is -4.93. The lowest BCUT2D eigenvalue weighted by molar-refractivity contribution is -0.153. The van der Waals surface area contributed by atoms with Crippen LogP contribution in [0.5, 0.6) is 5.75 Å². The predicted molar refractivity (Wildman–Crippen MR) is 112 cm³/mol. The van der Waals surface area contributed by atoms with Gasteiger partial charge in [-0.15, -0.1) is 0 Å². The molecule has 0 bridgehead atoms. The summed E-state index contributed by atoms with van der Waals surface area (Å²) in [4.78, 5) is 24.7. The number of carbonyl (C=O) groups excluding carboxylic acids is 1. The van der Waals surface area contributed by atoms with E-state index in [1.165, 1.54) is 0 Å². The standard InChI is InChI=1S/C21H16ClF6NO6S/c22-15-7-11(35-10-20(23,24)25)5-6-17(15)36(33,34)12-8-16(19(31)32)29(9-12)18(30)13-3-1-2-4-14(13)21(26,27)28/h1-7,12,16H,8-10H2,(H,31,32)/t12-,16+/m1/s1. The van der Waals surface area contributed by atoms with E-state index in [-0.39, 0.29) is 5.75 Å². The maximum absolute atomic E-state index is 13.4. The van der Waals surface area contributed by atoms with Crippen molar-refractivity contribution >= 4 is 33.3 Å². The van der Waals surface area contributed by atoms with Gasteiger partial charge in [-0.1, -0.05) is 23.7 Å². The Morgan fingerprint density at radius 3 is 2.28 bits per heavy atom. The molecule has 0 unspecified atom stereocenters. The Bertz CT molecular complexity index is 1280. The summed E-state index contributed by atoms with van der Waals surface area (Å²) in [5, 5.41) is 7.44. The average Bonchev–Trinajstić information content (AvgIpc) is 3.23. The number of rotatable bonds is 6. The van der Waals surface area contributed by atoms with Crippen LogP contribution in [0.25, 0.3) is 0 Å². The highest BCUT2D eigenvalue weighted by molar-refractivity contribution is 7.92. The van der Waals surface area contributed by atoms with E-state index in [9.17, 15) is 49.5 Å². The van der Waals surface area contributed by atoms with Crippen molar-refractivity contribution in [1.29, 1.82) is 0 Å². The number of halogens is 7. The molecule has 1 amide bonds. The molecule has 1 heterocycles. The molecule has 0 spiro atoms. The van der Waals surface area contributed by atoms with Crippen molar-refractivity contribution in [2.75, 3.05) is 13.2 Å². The number of ether oxygens (including phenoxy) is 1. The second-order valence-corrected chi connectivity index (χ2v) is 10.4. The fraction of sp³-hybridized carbons (Fsp3) is 0.333. The summed E-state index contributed by atoms with van der Waals surface area (Å²) in [5.74, 6) is -3.34. The van der Waals surface area contributed by atoms with Crippen LogP contribution < -0.4 is 4.74 Å². The first-order valence-electron chi connectivity index (χ1n) is 9.95. The van der Waals surface area contributed by atoms with Crippen LogP contribution in [0.2, 0.25) is 5.02 Å². The molecule has 7 nitrogen and oxygen atoms in total. The SMILES string of the molecule is O=C(O)[C@@H]1C[C@@H](S(=O)(=O)c2ccc(OCC(F)(F)F)cc2Cl)CN1C(=O)c1ccccc1C(F)(F)F. The summed E-state index contributed by atoms with van der Waals surface area (Å²) in [6.07, 6.45) is -10.2. The van der Waals surface area contributed by atoms with E-state index in [1.54, 1.807) is 0 Å². The molecule has 0 aromatic heterocycles. The van der Waals surface area contributed by atoms with Crippen molar-refractivity contribution in [2.45, 2.75) is 35.0 Å². The molecule has 36 heavy (non-hydrogen) atoms. The van der Waals surface area contributed by atoms with Crippen LogP contribution in [0, 0.1) is 0 Å². The molecule has 2 aromatic carbocycles. The number of likely N-dealkylation sites (tertiary alicyclic amines) is 1. The number of hydrogen-bond acceptors (Lipinski definition) is 5. The van der Waals surface area contributed by atoms with E-state index in [2.05, 4.69) is 4.74 Å². The Balaban J connectivity index is 1.91. The topological polar surface area (TPSA) is 101 Å². The second-order valence-electron chi connectivity index (χ2n) is 7.75. The molecule has 1 fully saturated rings. The van der Waals surface area contributed by atoms with E-state index in [1.807, 2.05) is 0 Å². The van der Waals surface area contributed by atoms with Gasteiger partial charge in [0.25, 0.3) is 5.91 Å². The summed E-state index contributed by atoms with van der Waals surface area (Å²) in [6, 6.07) is 4.51. The van der Waals surface area contributed by atoms with Crippen LogP contribution >= 0.6 is 11.6 Å². The van der Waals surface area contributed by atoms with Crippen LogP contribution in [0.1, 0.15) is 22.3 Å². The summed E-state index contributed by atoms with van der Waals surface area (Å²) < 4.78 is 108. The van der Waals surface area contributed by atoms with Gasteiger partial charge in [0.2, 0.25) is 0 Å². The average molecular weight is 560 g/mol. The number of nitrogens with zero attached hydrogens (tertiary/aromatic N) is 1. The molecule has 1 aliphatic rings. The molecule has 0 aliphatic carbocycles. The Labute approximate surface area is 205 Å². The number of carboxylic acids is 1. The molecule has 196 valence electrons. The van der Waals surface area contributed by atoms with Crippen LogP contribution in [0.4, 0.5) is 26.3 Å². The van der Waals surface area contributed by atoms with E-state index in [0.717, 1.165) is 36.4 Å². The Morgan fingerprint density at radius 2 is 1.72 bits per heavy atom. The van der Waals surface area contributed by atoms with Gasteiger partial charge in [0.1, 0.15) is 11.8 Å². The first-order valence-corrected chi connectivity index (χ1v) is 11.9. The fourth-order valence-corrected chi connectivity index (χ4v) is 5.93. The van der Waals surface area contributed by atoms with Crippen molar-refractivity contribution in [1.82, 2.24) is 4.90 Å². The van der Waals surface area contributed by atoms with Crippen LogP contribution in [-0.2, 0) is 20.8 Å². The highest BCUT2D eigenvalue weighted by Gasteiger charge is 2.47. The molecular weight excluding hydrogens is 544 g/mol. The van der Waals surface area contributed by atoms with E-state index < -0.39 is 86.0 Å². The molecule has 15 heteroatoms. The number of benzene rings is 2. The first-order chi connectivity index (χ1) is 16.5. The van der Waals surface area contributed by atoms with Gasteiger partial charge in [0.15, 0.2) is 16.4 Å². The molecule has 2 atom stereocenters. The Morgan fingerprint density at radius 1 is 1.08 bits per heavy atom. The maximum atomic E-state index is 13.4. The second kappa shape index (κ2) is 9.81. The molecule has 2 aromatic rings. The van der Waals surface area contributed by atoms with Crippen LogP contribution in [0.3, 0.4) is 0 Å². The third-order valence-corrected chi connectivity index (χ3v) is 7.94. The van der Waals surface area contributed by atoms with Crippen LogP contribution in [0.15, 0.2) is 47.4 Å². The third kappa shape index (κ3) is 5.86. The number of aliphatic carboxylic acids is 1. The minimum absolute atomic E-state index is 0.383. The van der Waals surface area contributed by atoms with Gasteiger partial charge in [0, 0.05) is 12.6 Å². The van der Waals surface area contributed by atoms with Gasteiger partial charge in [-0.2, -0.15) is 26.3 Å². The van der Waals surface area contributed by atoms with Gasteiger partial charge >= 0.3 is 18.3 Å². The van der Waals surface area contributed by atoms with Crippen molar-refractivity contribution in [3.63, 3.8) is 0 Å². The van der Waals surface area contributed by atoms with E-state index in [0.29, 0.717) is 11.0 Å². The Hall–Kier alpha value is -3.00. The third-order valence-electron chi connectivity index (χ3n) is 5.32. The van der Waals surface area contributed by atoms with Crippen molar-refractivity contribution in [2.24, 2.45) is 0 Å². The minimum Gasteiger partial charge on any atom is -0.484 e. The fourth-order valence-electron chi connectivity index (χ4n) is 3.70. The normalized spacial score (nSPS) is 18.8. The van der Waals surface area contributed by atoms with E-state index >= 15 is 0 Å². The zero-order valence-electron chi connectivity index (χ0n) is 17.8. The van der Waals surface area contributed by atoms with Gasteiger partial charge in [-0.3, -0.25) is 4.79 Å². The number of hydrogen-bond donors (Lipinski definition) is 1. The quantitative estimate of drug-likeness (QED) is 0.525. The van der Waals surface area contributed by atoms with Crippen molar-refractivity contribution < 1.29 is 54.2 Å². The first kappa shape index (κ1) is 27.6. The van der Waals surface area contributed by atoms with Gasteiger partial charge < -0.3 is 14.7 Å². The lowest BCUT2D eigenvalue weighted by Gasteiger charge is -2.23. The van der Waals surface area contributed by atoms with Crippen LogP contribution in [-0.4, -0.2) is 60.9 Å². The molecule has 0 saturated carbocycles. The highest BCUT2D eigenvalue weighted by atomic mass is 35.5. The largest absolute Gasteiger partial charge is 0.484 e. The smallest absolute Gasteiger partial charge is 0.422 e. The van der Waals surface area contributed by atoms with Gasteiger partial charge in [-0.05, 0) is 30.7 Å². The molecule has 3 rings (SSSR count). The maximum Gasteiger partial charge on any atom is 0.422 e. The predicted octanol–water partition coefficient (Wildman–Crippen LogP) is 4.44. The molecule has 1 aliphatic heterocycles. The molecular formula is C21H16ClF6NO6S. The lowest BCUT2D eigenvalue weighted by atomic mass is 10.1. The summed E-state index contributed by atoms with van der Waals surface area (Å²) in [6.45, 7) is -2.41.